The van der Waals surface area contributed by atoms with Crippen molar-refractivity contribution >= 4 is 23.7 Å². The number of carbonyl (C=O) groups is 3. The molecule has 0 bridgehead atoms. The Kier molecular flexibility index (Phi) is 15.2. The van der Waals surface area contributed by atoms with E-state index in [0.29, 0.717) is 32.5 Å². The lowest BCUT2D eigenvalue weighted by Crippen LogP contribution is -2.53. The van der Waals surface area contributed by atoms with Crippen LogP contribution in [0.2, 0.25) is 0 Å². The minimum absolute atomic E-state index is 0.0524. The van der Waals surface area contributed by atoms with Crippen molar-refractivity contribution in [2.24, 2.45) is 22.2 Å². The number of nitrogens with two attached hydrogens (primary N) is 3. The number of aliphatic imine (C=N–C) groups is 1. The Morgan fingerprint density at radius 1 is 0.897 bits per heavy atom. The lowest BCUT2D eigenvalue weighted by atomic mass is 10.1. The number of amides is 3. The zero-order valence-corrected chi connectivity index (χ0v) is 17.8. The van der Waals surface area contributed by atoms with Crippen LogP contribution >= 0.6 is 0 Å². The Morgan fingerprint density at radius 3 is 2.14 bits per heavy atom. The van der Waals surface area contributed by atoms with Crippen molar-refractivity contribution in [3.8, 4) is 0 Å². The van der Waals surface area contributed by atoms with E-state index in [2.05, 4.69) is 20.9 Å². The summed E-state index contributed by atoms with van der Waals surface area (Å²) in [5.74, 6) is -0.803. The molecule has 0 fully saturated rings. The molecule has 10 nitrogen and oxygen atoms in total. The van der Waals surface area contributed by atoms with Crippen molar-refractivity contribution in [1.82, 2.24) is 16.0 Å². The topological polar surface area (TPSA) is 178 Å². The van der Waals surface area contributed by atoms with Gasteiger partial charge in [0.25, 0.3) is 0 Å². The van der Waals surface area contributed by atoms with E-state index in [-0.39, 0.29) is 23.7 Å². The van der Waals surface area contributed by atoms with Gasteiger partial charge in [0.05, 0.1) is 0 Å². The van der Waals surface area contributed by atoms with Crippen molar-refractivity contribution in [3.63, 3.8) is 0 Å². The molecule has 0 rings (SSSR count). The summed E-state index contributed by atoms with van der Waals surface area (Å²) >= 11 is 0. The lowest BCUT2D eigenvalue weighted by Gasteiger charge is -2.23. The molecule has 0 radical (unpaired) electrons. The van der Waals surface area contributed by atoms with Gasteiger partial charge < -0.3 is 33.2 Å². The van der Waals surface area contributed by atoms with E-state index in [1.165, 1.54) is 6.92 Å². The summed E-state index contributed by atoms with van der Waals surface area (Å²) in [4.78, 5) is 40.5. The minimum Gasteiger partial charge on any atom is -0.370 e. The standard InChI is InChI=1S/C19H39N7O3/c1-3-4-9-15(17(28)23-12-7-8-13-24-19(21)22)26-18(29)16(25-14(2)27)10-5-6-11-20/h15-16H,3-13,20H2,1-2H3,(H,23,28)(H,25,27)(H,26,29)(H4,21,22,24)/t15-,16-/m0/s1. The van der Waals surface area contributed by atoms with Crippen molar-refractivity contribution in [3.05, 3.63) is 0 Å². The van der Waals surface area contributed by atoms with Gasteiger partial charge >= 0.3 is 0 Å². The minimum atomic E-state index is -0.671. The van der Waals surface area contributed by atoms with Gasteiger partial charge in [0.2, 0.25) is 17.7 Å². The third kappa shape index (κ3) is 14.3. The number of rotatable bonds is 16. The van der Waals surface area contributed by atoms with Crippen LogP contribution in [0.25, 0.3) is 0 Å². The van der Waals surface area contributed by atoms with Gasteiger partial charge in [-0.25, -0.2) is 0 Å². The first-order valence-corrected chi connectivity index (χ1v) is 10.4. The summed E-state index contributed by atoms with van der Waals surface area (Å²) in [6.07, 6.45) is 5.69. The summed E-state index contributed by atoms with van der Waals surface area (Å²) in [5.41, 5.74) is 16.0. The zero-order chi connectivity index (χ0) is 22.1. The van der Waals surface area contributed by atoms with Crippen LogP contribution < -0.4 is 33.2 Å². The van der Waals surface area contributed by atoms with Crippen molar-refractivity contribution in [2.45, 2.75) is 77.3 Å². The number of guanidine groups is 1. The van der Waals surface area contributed by atoms with Crippen LogP contribution in [0.1, 0.15) is 65.2 Å². The van der Waals surface area contributed by atoms with E-state index < -0.39 is 12.1 Å². The molecule has 168 valence electrons. The Labute approximate surface area is 173 Å². The number of carbonyl (C=O) groups excluding carboxylic acids is 3. The smallest absolute Gasteiger partial charge is 0.243 e. The summed E-state index contributed by atoms with van der Waals surface area (Å²) in [7, 11) is 0. The lowest BCUT2D eigenvalue weighted by molar-refractivity contribution is -0.132. The molecule has 29 heavy (non-hydrogen) atoms. The van der Waals surface area contributed by atoms with Gasteiger partial charge in [-0.1, -0.05) is 19.8 Å². The molecule has 0 aromatic heterocycles. The van der Waals surface area contributed by atoms with Gasteiger partial charge in [-0.05, 0) is 45.1 Å². The predicted molar refractivity (Wildman–Crippen MR) is 115 cm³/mol. The molecule has 0 heterocycles. The van der Waals surface area contributed by atoms with Crippen molar-refractivity contribution < 1.29 is 14.4 Å². The Morgan fingerprint density at radius 2 is 1.55 bits per heavy atom. The van der Waals surface area contributed by atoms with Crippen LogP contribution in [0, 0.1) is 0 Å². The molecule has 3 amide bonds. The van der Waals surface area contributed by atoms with E-state index in [4.69, 9.17) is 17.2 Å². The highest BCUT2D eigenvalue weighted by Gasteiger charge is 2.25. The molecule has 0 aromatic carbocycles. The van der Waals surface area contributed by atoms with Gasteiger partial charge in [-0.15, -0.1) is 0 Å². The van der Waals surface area contributed by atoms with Crippen LogP contribution in [-0.4, -0.2) is 55.4 Å². The van der Waals surface area contributed by atoms with Crippen LogP contribution in [0.3, 0.4) is 0 Å². The summed E-state index contributed by atoms with van der Waals surface area (Å²) in [6, 6.07) is -1.30. The molecule has 2 atom stereocenters. The molecule has 9 N–H and O–H groups in total. The zero-order valence-electron chi connectivity index (χ0n) is 17.8. The number of hydrogen-bond acceptors (Lipinski definition) is 5. The largest absolute Gasteiger partial charge is 0.370 e. The quantitative estimate of drug-likeness (QED) is 0.112. The number of hydrogen-bond donors (Lipinski definition) is 6. The fourth-order valence-corrected chi connectivity index (χ4v) is 2.74. The molecular weight excluding hydrogens is 374 g/mol. The molecule has 0 aromatic rings. The second kappa shape index (κ2) is 16.6. The maximum Gasteiger partial charge on any atom is 0.243 e. The third-order valence-electron chi connectivity index (χ3n) is 4.30. The molecule has 0 saturated heterocycles. The fraction of sp³-hybridized carbons (Fsp3) is 0.789. The number of nitrogens with zero attached hydrogens (tertiary/aromatic N) is 1. The Bertz CT molecular complexity index is 522. The van der Waals surface area contributed by atoms with E-state index in [0.717, 1.165) is 38.5 Å². The fourth-order valence-electron chi connectivity index (χ4n) is 2.74. The molecule has 10 heteroatoms. The number of unbranched alkanes of at least 4 members (excludes halogenated alkanes) is 3. The van der Waals surface area contributed by atoms with E-state index in [9.17, 15) is 14.4 Å². The van der Waals surface area contributed by atoms with Gasteiger partial charge in [-0.2, -0.15) is 0 Å². The first-order chi connectivity index (χ1) is 13.8. The van der Waals surface area contributed by atoms with Gasteiger partial charge in [0, 0.05) is 20.0 Å². The maximum atomic E-state index is 12.7. The van der Waals surface area contributed by atoms with Gasteiger partial charge in [0.15, 0.2) is 5.96 Å². The first-order valence-electron chi connectivity index (χ1n) is 10.4. The molecule has 0 aliphatic heterocycles. The average molecular weight is 414 g/mol. The maximum absolute atomic E-state index is 12.7. The van der Waals surface area contributed by atoms with E-state index >= 15 is 0 Å². The monoisotopic (exact) mass is 413 g/mol. The highest BCUT2D eigenvalue weighted by molar-refractivity contribution is 5.91. The SMILES string of the molecule is CCCC[C@H](NC(=O)[C@H](CCCCN)NC(C)=O)C(=O)NCCCCN=C(N)N. The predicted octanol–water partition coefficient (Wildman–Crippen LogP) is -0.535. The third-order valence-corrected chi connectivity index (χ3v) is 4.30. The summed E-state index contributed by atoms with van der Waals surface area (Å²) in [5, 5.41) is 8.31. The molecule has 0 aliphatic carbocycles. The summed E-state index contributed by atoms with van der Waals surface area (Å²) < 4.78 is 0. The molecule has 0 unspecified atom stereocenters. The van der Waals surface area contributed by atoms with E-state index in [1.807, 2.05) is 6.92 Å². The number of nitrogens with one attached hydrogen (secondary N) is 3. The van der Waals surface area contributed by atoms with E-state index in [1.54, 1.807) is 0 Å². The van der Waals surface area contributed by atoms with Gasteiger partial charge in [0.1, 0.15) is 12.1 Å². The van der Waals surface area contributed by atoms with Crippen molar-refractivity contribution in [1.29, 1.82) is 0 Å². The second-order valence-electron chi connectivity index (χ2n) is 7.05. The molecule has 0 aliphatic rings. The van der Waals surface area contributed by atoms with Crippen LogP contribution in [0.15, 0.2) is 4.99 Å². The summed E-state index contributed by atoms with van der Waals surface area (Å²) in [6.45, 7) is 4.90. The van der Waals surface area contributed by atoms with Crippen LogP contribution in [0.4, 0.5) is 0 Å². The Balaban J connectivity index is 4.69. The first kappa shape index (κ1) is 26.6. The average Bonchev–Trinajstić information content (AvgIpc) is 2.66. The van der Waals surface area contributed by atoms with Crippen molar-refractivity contribution in [2.75, 3.05) is 19.6 Å². The van der Waals surface area contributed by atoms with Crippen LogP contribution in [0.5, 0.6) is 0 Å². The second-order valence-corrected chi connectivity index (χ2v) is 7.05. The molecule has 0 saturated carbocycles. The Hall–Kier alpha value is -2.36. The molecular formula is C19H39N7O3. The highest BCUT2D eigenvalue weighted by atomic mass is 16.2. The van der Waals surface area contributed by atoms with Crippen LogP contribution in [-0.2, 0) is 14.4 Å². The van der Waals surface area contributed by atoms with Gasteiger partial charge in [-0.3, -0.25) is 19.4 Å². The molecule has 0 spiro atoms. The normalized spacial score (nSPS) is 12.5. The highest BCUT2D eigenvalue weighted by Crippen LogP contribution is 2.05.